The van der Waals surface area contributed by atoms with E-state index in [0.29, 0.717) is 16.6 Å². The Morgan fingerprint density at radius 3 is 2.30 bits per heavy atom. The predicted octanol–water partition coefficient (Wildman–Crippen LogP) is 4.64. The first-order valence-electron chi connectivity index (χ1n) is 5.78. The van der Waals surface area contributed by atoms with Gasteiger partial charge in [0.2, 0.25) is 5.88 Å². The maximum absolute atomic E-state index is 12.4. The Kier molecular flexibility index (Phi) is 4.18. The van der Waals surface area contributed by atoms with Gasteiger partial charge in [0.15, 0.2) is 0 Å². The number of nitrogens with zero attached hydrogens (tertiary/aromatic N) is 1. The van der Waals surface area contributed by atoms with Gasteiger partial charge in [-0.25, -0.2) is 4.98 Å². The Balaban J connectivity index is 2.02. The van der Waals surface area contributed by atoms with E-state index in [-0.39, 0.29) is 6.61 Å². The number of rotatable bonds is 3. The largest absolute Gasteiger partial charge is 0.473 e. The zero-order chi connectivity index (χ0) is 14.8. The molecular weight excluding hydrogens is 291 g/mol. The Hall–Kier alpha value is -1.75. The summed E-state index contributed by atoms with van der Waals surface area (Å²) in [5.41, 5.74) is 0.766. The van der Waals surface area contributed by atoms with E-state index in [1.165, 1.54) is 12.1 Å². The first-order valence-corrected chi connectivity index (χ1v) is 6.16. The lowest BCUT2D eigenvalue weighted by Crippen LogP contribution is -2.05. The van der Waals surface area contributed by atoms with Crippen molar-refractivity contribution in [1.29, 1.82) is 0 Å². The van der Waals surface area contributed by atoms with Crippen molar-refractivity contribution in [2.45, 2.75) is 19.7 Å². The van der Waals surface area contributed by atoms with E-state index < -0.39 is 11.7 Å². The smallest absolute Gasteiger partial charge is 0.416 e. The number of ether oxygens (including phenoxy) is 1. The molecular formula is C14H11ClF3NO. The second-order valence-electron chi connectivity index (χ2n) is 4.24. The highest BCUT2D eigenvalue weighted by molar-refractivity contribution is 6.30. The number of halogens is 4. The quantitative estimate of drug-likeness (QED) is 0.770. The molecule has 6 heteroatoms. The molecule has 106 valence electrons. The molecule has 0 saturated carbocycles. The average molecular weight is 302 g/mol. The van der Waals surface area contributed by atoms with E-state index in [4.69, 9.17) is 16.3 Å². The maximum atomic E-state index is 12.4. The summed E-state index contributed by atoms with van der Waals surface area (Å²) in [7, 11) is 0. The van der Waals surface area contributed by atoms with Crippen molar-refractivity contribution in [3.05, 3.63) is 58.2 Å². The van der Waals surface area contributed by atoms with E-state index >= 15 is 0 Å². The van der Waals surface area contributed by atoms with Gasteiger partial charge in [-0.3, -0.25) is 0 Å². The zero-order valence-corrected chi connectivity index (χ0v) is 11.3. The summed E-state index contributed by atoms with van der Waals surface area (Å²) in [5, 5.41) is 0.343. The highest BCUT2D eigenvalue weighted by atomic mass is 35.5. The third-order valence-corrected chi connectivity index (χ3v) is 3.06. The Morgan fingerprint density at radius 2 is 1.75 bits per heavy atom. The fraction of sp³-hybridized carbons (Fsp3) is 0.214. The van der Waals surface area contributed by atoms with Gasteiger partial charge in [-0.05, 0) is 30.2 Å². The lowest BCUT2D eigenvalue weighted by Gasteiger charge is -2.09. The topological polar surface area (TPSA) is 22.1 Å². The molecule has 0 aliphatic carbocycles. The van der Waals surface area contributed by atoms with Crippen molar-refractivity contribution in [2.75, 3.05) is 0 Å². The number of alkyl halides is 3. The highest BCUT2D eigenvalue weighted by Gasteiger charge is 2.29. The lowest BCUT2D eigenvalue weighted by atomic mass is 10.1. The van der Waals surface area contributed by atoms with E-state index in [1.807, 2.05) is 6.92 Å². The fourth-order valence-electron chi connectivity index (χ4n) is 1.51. The second-order valence-corrected chi connectivity index (χ2v) is 4.60. The summed E-state index contributed by atoms with van der Waals surface area (Å²) in [6.07, 6.45) is -4.33. The number of aromatic nitrogens is 1. The van der Waals surface area contributed by atoms with Crippen LogP contribution < -0.4 is 4.74 Å². The van der Waals surface area contributed by atoms with Crippen LogP contribution in [-0.4, -0.2) is 4.98 Å². The molecule has 0 atom stereocenters. The zero-order valence-electron chi connectivity index (χ0n) is 10.5. The molecule has 0 aliphatic rings. The van der Waals surface area contributed by atoms with Gasteiger partial charge in [0.05, 0.1) is 5.56 Å². The minimum absolute atomic E-state index is 0.129. The molecule has 0 N–H and O–H groups in total. The minimum Gasteiger partial charge on any atom is -0.473 e. The Labute approximate surface area is 119 Å². The number of hydrogen-bond acceptors (Lipinski definition) is 2. The van der Waals surface area contributed by atoms with Crippen molar-refractivity contribution in [1.82, 2.24) is 4.98 Å². The van der Waals surface area contributed by atoms with Crippen LogP contribution in [-0.2, 0) is 12.8 Å². The average Bonchev–Trinajstić information content (AvgIpc) is 2.40. The van der Waals surface area contributed by atoms with Gasteiger partial charge in [-0.2, -0.15) is 13.2 Å². The van der Waals surface area contributed by atoms with Gasteiger partial charge in [0.25, 0.3) is 0 Å². The third-order valence-electron chi connectivity index (χ3n) is 2.68. The number of hydrogen-bond donors (Lipinski definition) is 0. The van der Waals surface area contributed by atoms with Crippen molar-refractivity contribution >= 4 is 11.6 Å². The van der Waals surface area contributed by atoms with Crippen LogP contribution >= 0.6 is 11.6 Å². The molecule has 2 aromatic rings. The van der Waals surface area contributed by atoms with Crippen LogP contribution in [0.5, 0.6) is 5.88 Å². The van der Waals surface area contributed by atoms with Crippen molar-refractivity contribution in [3.8, 4) is 5.88 Å². The first-order chi connectivity index (χ1) is 9.36. The molecule has 2 nitrogen and oxygen atoms in total. The monoisotopic (exact) mass is 301 g/mol. The molecule has 20 heavy (non-hydrogen) atoms. The summed E-state index contributed by atoms with van der Waals surface area (Å²) in [6.45, 7) is 1.94. The van der Waals surface area contributed by atoms with Crippen molar-refractivity contribution in [2.24, 2.45) is 0 Å². The number of aryl methyl sites for hydroxylation is 1. The maximum Gasteiger partial charge on any atom is 0.416 e. The first kappa shape index (κ1) is 14.7. The molecule has 1 aromatic heterocycles. The minimum atomic E-state index is -4.33. The van der Waals surface area contributed by atoms with Crippen LogP contribution in [0.3, 0.4) is 0 Å². The molecule has 0 bridgehead atoms. The fourth-order valence-corrected chi connectivity index (χ4v) is 1.66. The Morgan fingerprint density at radius 1 is 1.10 bits per heavy atom. The van der Waals surface area contributed by atoms with Gasteiger partial charge in [-0.15, -0.1) is 0 Å². The molecule has 0 spiro atoms. The molecule has 1 heterocycles. The van der Waals surface area contributed by atoms with Gasteiger partial charge < -0.3 is 4.74 Å². The Bertz CT molecular complexity index is 596. The van der Waals surface area contributed by atoms with Gasteiger partial charge in [-0.1, -0.05) is 29.8 Å². The van der Waals surface area contributed by atoms with Crippen LogP contribution in [0.15, 0.2) is 36.4 Å². The molecule has 0 fully saturated rings. The summed E-state index contributed by atoms with van der Waals surface area (Å²) in [5.74, 6) is 0.334. The normalized spacial score (nSPS) is 11.4. The lowest BCUT2D eigenvalue weighted by molar-refractivity contribution is -0.137. The molecule has 1 aromatic carbocycles. The van der Waals surface area contributed by atoms with E-state index in [9.17, 15) is 13.2 Å². The SMILES string of the molecule is Cc1ccc(OCc2ccc(C(F)(F)F)cc2)nc1Cl. The van der Waals surface area contributed by atoms with E-state index in [0.717, 1.165) is 17.7 Å². The predicted molar refractivity (Wildman–Crippen MR) is 69.8 cm³/mol. The van der Waals surface area contributed by atoms with Gasteiger partial charge >= 0.3 is 6.18 Å². The van der Waals surface area contributed by atoms with Crippen LogP contribution in [0.4, 0.5) is 13.2 Å². The van der Waals surface area contributed by atoms with Crippen LogP contribution in [0, 0.1) is 6.92 Å². The standard InChI is InChI=1S/C14H11ClF3NO/c1-9-2-7-12(19-13(9)15)20-8-10-3-5-11(6-4-10)14(16,17)18/h2-7H,8H2,1H3. The van der Waals surface area contributed by atoms with Crippen LogP contribution in [0.25, 0.3) is 0 Å². The highest BCUT2D eigenvalue weighted by Crippen LogP contribution is 2.29. The van der Waals surface area contributed by atoms with Crippen molar-refractivity contribution in [3.63, 3.8) is 0 Å². The van der Waals surface area contributed by atoms with E-state index in [2.05, 4.69) is 4.98 Å². The van der Waals surface area contributed by atoms with Gasteiger partial charge in [0, 0.05) is 6.07 Å². The van der Waals surface area contributed by atoms with Gasteiger partial charge in [0.1, 0.15) is 11.8 Å². The van der Waals surface area contributed by atoms with Crippen LogP contribution in [0.2, 0.25) is 5.15 Å². The van der Waals surface area contributed by atoms with Crippen LogP contribution in [0.1, 0.15) is 16.7 Å². The summed E-state index contributed by atoms with van der Waals surface area (Å²) in [4.78, 5) is 4.01. The number of pyridine rings is 1. The molecule has 0 unspecified atom stereocenters. The summed E-state index contributed by atoms with van der Waals surface area (Å²) in [6, 6.07) is 8.21. The van der Waals surface area contributed by atoms with E-state index in [1.54, 1.807) is 12.1 Å². The van der Waals surface area contributed by atoms with Crippen molar-refractivity contribution < 1.29 is 17.9 Å². The number of benzene rings is 1. The molecule has 0 saturated heterocycles. The molecule has 0 amide bonds. The third kappa shape index (κ3) is 3.63. The summed E-state index contributed by atoms with van der Waals surface area (Å²) >= 11 is 5.85. The second kappa shape index (κ2) is 5.71. The summed E-state index contributed by atoms with van der Waals surface area (Å²) < 4.78 is 42.6. The molecule has 0 aliphatic heterocycles. The molecule has 2 rings (SSSR count). The molecule has 0 radical (unpaired) electrons.